The molecule has 1 aromatic carbocycles. The number of carbonyl (C=O) groups is 1. The predicted molar refractivity (Wildman–Crippen MR) is 41.5 cm³/mol. The van der Waals surface area contributed by atoms with Gasteiger partial charge in [-0.05, 0) is 23.8 Å². The van der Waals surface area contributed by atoms with Crippen LogP contribution >= 0.6 is 0 Å². The third-order valence-corrected chi connectivity index (χ3v) is 1.25. The zero-order valence-corrected chi connectivity index (χ0v) is 6.13. The average molecular weight is 168 g/mol. The molecule has 0 aliphatic rings. The highest BCUT2D eigenvalue weighted by Crippen LogP contribution is 2.08. The molecule has 3 heteroatoms. The van der Waals surface area contributed by atoms with E-state index >= 15 is 0 Å². The first-order valence-electron chi connectivity index (χ1n) is 3.30. The highest BCUT2D eigenvalue weighted by Gasteiger charge is 1.96. The molecule has 0 saturated carbocycles. The standard InChI is InChI=1S/C9H6F2O/c10-8-4-7(2-1-3-12)5-9(11)6-8/h1-6H. The van der Waals surface area contributed by atoms with E-state index in [2.05, 4.69) is 0 Å². The lowest BCUT2D eigenvalue weighted by molar-refractivity contribution is -0.104. The molecule has 0 amide bonds. The van der Waals surface area contributed by atoms with Gasteiger partial charge in [0.2, 0.25) is 0 Å². The van der Waals surface area contributed by atoms with Gasteiger partial charge in [-0.25, -0.2) is 8.78 Å². The van der Waals surface area contributed by atoms with E-state index in [9.17, 15) is 13.6 Å². The van der Waals surface area contributed by atoms with Crippen LogP contribution in [0.15, 0.2) is 24.3 Å². The SMILES string of the molecule is O=CC=Cc1cc(F)cc(F)c1. The molecular formula is C9H6F2O. The normalized spacial score (nSPS) is 10.5. The fraction of sp³-hybridized carbons (Fsp3) is 0. The van der Waals surface area contributed by atoms with Crippen LogP contribution in [0.5, 0.6) is 0 Å². The summed E-state index contributed by atoms with van der Waals surface area (Å²) in [6.07, 6.45) is 3.05. The van der Waals surface area contributed by atoms with Crippen molar-refractivity contribution in [3.63, 3.8) is 0 Å². The predicted octanol–water partition coefficient (Wildman–Crippen LogP) is 2.18. The Labute approximate surface area is 68.3 Å². The van der Waals surface area contributed by atoms with Crippen LogP contribution in [0.25, 0.3) is 6.08 Å². The molecule has 0 aromatic heterocycles. The van der Waals surface area contributed by atoms with Gasteiger partial charge >= 0.3 is 0 Å². The maximum atomic E-state index is 12.5. The molecule has 1 aromatic rings. The number of carbonyl (C=O) groups excluding carboxylic acids is 1. The number of benzene rings is 1. The Hall–Kier alpha value is -1.51. The van der Waals surface area contributed by atoms with Gasteiger partial charge in [-0.15, -0.1) is 0 Å². The number of hydrogen-bond acceptors (Lipinski definition) is 1. The van der Waals surface area contributed by atoms with Gasteiger partial charge < -0.3 is 0 Å². The summed E-state index contributed by atoms with van der Waals surface area (Å²) in [4.78, 5) is 9.87. The van der Waals surface area contributed by atoms with E-state index in [0.29, 0.717) is 11.8 Å². The molecule has 0 bridgehead atoms. The quantitative estimate of drug-likeness (QED) is 0.488. The van der Waals surface area contributed by atoms with E-state index in [1.165, 1.54) is 12.2 Å². The minimum absolute atomic E-state index is 0.333. The number of allylic oxidation sites excluding steroid dienone is 1. The Kier molecular flexibility index (Phi) is 2.69. The van der Waals surface area contributed by atoms with Crippen molar-refractivity contribution in [2.24, 2.45) is 0 Å². The van der Waals surface area contributed by atoms with Gasteiger partial charge in [0.05, 0.1) is 0 Å². The Bertz CT molecular complexity index is 298. The molecule has 0 unspecified atom stereocenters. The summed E-state index contributed by atoms with van der Waals surface area (Å²) >= 11 is 0. The van der Waals surface area contributed by atoms with Gasteiger partial charge in [0.25, 0.3) is 0 Å². The smallest absolute Gasteiger partial charge is 0.142 e. The minimum Gasteiger partial charge on any atom is -0.299 e. The number of aldehydes is 1. The van der Waals surface area contributed by atoms with E-state index in [0.717, 1.165) is 18.2 Å². The number of halogens is 2. The van der Waals surface area contributed by atoms with Crippen molar-refractivity contribution in [1.82, 2.24) is 0 Å². The van der Waals surface area contributed by atoms with Crippen molar-refractivity contribution in [3.8, 4) is 0 Å². The zero-order chi connectivity index (χ0) is 8.97. The molecule has 1 rings (SSSR count). The van der Waals surface area contributed by atoms with Crippen LogP contribution in [-0.4, -0.2) is 6.29 Å². The summed E-state index contributed by atoms with van der Waals surface area (Å²) in [6.45, 7) is 0. The molecule has 1 nitrogen and oxygen atoms in total. The van der Waals surface area contributed by atoms with Crippen molar-refractivity contribution < 1.29 is 13.6 Å². The van der Waals surface area contributed by atoms with Crippen LogP contribution in [0.2, 0.25) is 0 Å². The van der Waals surface area contributed by atoms with Crippen molar-refractivity contribution >= 4 is 12.4 Å². The first-order chi connectivity index (χ1) is 5.72. The van der Waals surface area contributed by atoms with Crippen LogP contribution in [0.4, 0.5) is 8.78 Å². The molecule has 12 heavy (non-hydrogen) atoms. The first-order valence-corrected chi connectivity index (χ1v) is 3.30. The second-order valence-corrected chi connectivity index (χ2v) is 2.20. The topological polar surface area (TPSA) is 17.1 Å². The lowest BCUT2D eigenvalue weighted by atomic mass is 10.2. The van der Waals surface area contributed by atoms with Gasteiger partial charge in [-0.1, -0.05) is 6.08 Å². The van der Waals surface area contributed by atoms with E-state index in [1.807, 2.05) is 0 Å². The monoisotopic (exact) mass is 168 g/mol. The number of hydrogen-bond donors (Lipinski definition) is 0. The fourth-order valence-electron chi connectivity index (χ4n) is 0.822. The van der Waals surface area contributed by atoms with E-state index in [-0.39, 0.29) is 0 Å². The zero-order valence-electron chi connectivity index (χ0n) is 6.13. The molecule has 0 aliphatic heterocycles. The summed E-state index contributed by atoms with van der Waals surface area (Å²) in [6, 6.07) is 3.06. The summed E-state index contributed by atoms with van der Waals surface area (Å²) in [5.41, 5.74) is 0.333. The van der Waals surface area contributed by atoms with Crippen molar-refractivity contribution in [2.45, 2.75) is 0 Å². The Morgan fingerprint density at radius 2 is 1.67 bits per heavy atom. The van der Waals surface area contributed by atoms with Crippen LogP contribution in [-0.2, 0) is 4.79 Å². The summed E-state index contributed by atoms with van der Waals surface area (Å²) in [7, 11) is 0. The van der Waals surface area contributed by atoms with Gasteiger partial charge in [-0.2, -0.15) is 0 Å². The Balaban J connectivity index is 3.00. The Morgan fingerprint density at radius 1 is 1.08 bits per heavy atom. The summed E-state index contributed by atoms with van der Waals surface area (Å²) in [5, 5.41) is 0. The maximum Gasteiger partial charge on any atom is 0.142 e. The lowest BCUT2D eigenvalue weighted by Gasteiger charge is -1.93. The highest BCUT2D eigenvalue weighted by atomic mass is 19.1. The van der Waals surface area contributed by atoms with Gasteiger partial charge in [0.1, 0.15) is 17.9 Å². The van der Waals surface area contributed by atoms with Crippen LogP contribution in [0.3, 0.4) is 0 Å². The van der Waals surface area contributed by atoms with Crippen molar-refractivity contribution in [1.29, 1.82) is 0 Å². The minimum atomic E-state index is -0.652. The van der Waals surface area contributed by atoms with E-state index < -0.39 is 11.6 Å². The third kappa shape index (κ3) is 2.27. The molecule has 0 N–H and O–H groups in total. The molecule has 62 valence electrons. The molecule has 0 radical (unpaired) electrons. The van der Waals surface area contributed by atoms with Crippen molar-refractivity contribution in [3.05, 3.63) is 41.5 Å². The molecule has 0 aliphatic carbocycles. The molecule has 0 saturated heterocycles. The van der Waals surface area contributed by atoms with Crippen LogP contribution < -0.4 is 0 Å². The van der Waals surface area contributed by atoms with E-state index in [4.69, 9.17) is 0 Å². The summed E-state index contributed by atoms with van der Waals surface area (Å²) in [5.74, 6) is -1.30. The summed E-state index contributed by atoms with van der Waals surface area (Å²) < 4.78 is 25.0. The maximum absolute atomic E-state index is 12.5. The average Bonchev–Trinajstić information content (AvgIpc) is 1.99. The fourth-order valence-corrected chi connectivity index (χ4v) is 0.822. The molecule has 0 fully saturated rings. The van der Waals surface area contributed by atoms with E-state index in [1.54, 1.807) is 0 Å². The van der Waals surface area contributed by atoms with Gasteiger partial charge in [0, 0.05) is 6.07 Å². The molecule has 0 spiro atoms. The van der Waals surface area contributed by atoms with Gasteiger partial charge in [-0.3, -0.25) is 4.79 Å². The molecule has 0 heterocycles. The van der Waals surface area contributed by atoms with Crippen molar-refractivity contribution in [2.75, 3.05) is 0 Å². The largest absolute Gasteiger partial charge is 0.299 e. The second-order valence-electron chi connectivity index (χ2n) is 2.20. The lowest BCUT2D eigenvalue weighted by Crippen LogP contribution is -1.81. The van der Waals surface area contributed by atoms with Crippen LogP contribution in [0, 0.1) is 11.6 Å². The molecular weight excluding hydrogens is 162 g/mol. The Morgan fingerprint density at radius 3 is 2.17 bits per heavy atom. The van der Waals surface area contributed by atoms with Gasteiger partial charge in [0.15, 0.2) is 0 Å². The van der Waals surface area contributed by atoms with Crippen LogP contribution in [0.1, 0.15) is 5.56 Å². The highest BCUT2D eigenvalue weighted by molar-refractivity contribution is 5.73. The second kappa shape index (κ2) is 3.76. The third-order valence-electron chi connectivity index (χ3n) is 1.25. The molecule has 0 atom stereocenters. The first kappa shape index (κ1) is 8.59. The number of rotatable bonds is 2.